The molecule has 0 saturated heterocycles. The predicted molar refractivity (Wildman–Crippen MR) is 79.5 cm³/mol. The van der Waals surface area contributed by atoms with Gasteiger partial charge in [0.05, 0.1) is 10.6 Å². The zero-order chi connectivity index (χ0) is 16.6. The molecule has 0 aromatic heterocycles. The molecule has 0 unspecified atom stereocenters. The van der Waals surface area contributed by atoms with Crippen molar-refractivity contribution < 1.29 is 25.3 Å². The summed E-state index contributed by atoms with van der Waals surface area (Å²) in [5, 5.41) is 3.95. The average molecular weight is 356 g/mol. The van der Waals surface area contributed by atoms with E-state index in [2.05, 4.69) is 4.72 Å². The van der Waals surface area contributed by atoms with Crippen molar-refractivity contribution in [3.8, 4) is 0 Å². The number of aryl methyl sites for hydroxylation is 2. The van der Waals surface area contributed by atoms with Crippen molar-refractivity contribution >= 4 is 35.6 Å². The van der Waals surface area contributed by atoms with Gasteiger partial charge in [0.1, 0.15) is 0 Å². The van der Waals surface area contributed by atoms with Crippen LogP contribution in [-0.2, 0) is 29.9 Å². The van der Waals surface area contributed by atoms with Gasteiger partial charge in [0.25, 0.3) is 0 Å². The summed E-state index contributed by atoms with van der Waals surface area (Å²) in [6.07, 6.45) is 0.802. The van der Waals surface area contributed by atoms with Gasteiger partial charge in [-0.05, 0) is 37.1 Å². The Morgan fingerprint density at radius 3 is 1.76 bits per heavy atom. The number of primary sulfonamides is 1. The highest BCUT2D eigenvalue weighted by atomic mass is 32.3. The lowest BCUT2D eigenvalue weighted by Crippen LogP contribution is -2.23. The molecule has 0 atom stereocenters. The number of nitrogens with one attached hydrogen (secondary N) is 1. The van der Waals surface area contributed by atoms with Crippen LogP contribution in [0.3, 0.4) is 0 Å². The van der Waals surface area contributed by atoms with E-state index >= 15 is 0 Å². The van der Waals surface area contributed by atoms with Gasteiger partial charge in [-0.2, -0.15) is 0 Å². The van der Waals surface area contributed by atoms with Crippen LogP contribution in [0.2, 0.25) is 0 Å². The van der Waals surface area contributed by atoms with Crippen LogP contribution in [0, 0.1) is 13.8 Å². The van der Waals surface area contributed by atoms with Gasteiger partial charge in [0.2, 0.25) is 20.0 Å². The molecule has 8 nitrogen and oxygen atoms in total. The van der Waals surface area contributed by atoms with E-state index in [-0.39, 0.29) is 10.6 Å². The number of rotatable bonds is 5. The Hall–Kier alpha value is -1.17. The minimum absolute atomic E-state index is 0.131. The molecule has 0 amide bonds. The normalized spacial score (nSPS) is 13.1. The lowest BCUT2D eigenvalue weighted by molar-refractivity contribution is 0.593. The Bertz CT molecular complexity index is 846. The highest BCUT2D eigenvalue weighted by molar-refractivity contribution is 8.08. The van der Waals surface area contributed by atoms with Crippen LogP contribution >= 0.6 is 0 Å². The van der Waals surface area contributed by atoms with Crippen molar-refractivity contribution in [2.75, 3.05) is 16.1 Å². The number of nitrogens with two attached hydrogens (primary N) is 1. The zero-order valence-corrected chi connectivity index (χ0v) is 14.1. The molecule has 3 N–H and O–H groups in total. The van der Waals surface area contributed by atoms with Gasteiger partial charge in [0, 0.05) is 6.26 Å². The molecular formula is C10H16N2O6S3. The SMILES string of the molecule is Cc1cc(S(N)(=O)=O)cc(C)c1NS(=O)(=O)CS(C)(=O)=O. The molecule has 0 heterocycles. The fourth-order valence-electron chi connectivity index (χ4n) is 1.72. The maximum atomic E-state index is 11.8. The third-order valence-electron chi connectivity index (χ3n) is 2.46. The van der Waals surface area contributed by atoms with E-state index in [9.17, 15) is 25.3 Å². The van der Waals surface area contributed by atoms with E-state index in [0.29, 0.717) is 11.1 Å². The largest absolute Gasteiger partial charge is 0.282 e. The summed E-state index contributed by atoms with van der Waals surface area (Å²) in [5.74, 6) is 0. The Balaban J connectivity index is 3.29. The summed E-state index contributed by atoms with van der Waals surface area (Å²) in [6.45, 7) is 2.97. The molecule has 1 aromatic rings. The van der Waals surface area contributed by atoms with Gasteiger partial charge in [-0.3, -0.25) is 4.72 Å². The molecule has 1 aromatic carbocycles. The van der Waals surface area contributed by atoms with Gasteiger partial charge in [-0.25, -0.2) is 30.4 Å². The maximum absolute atomic E-state index is 11.8. The number of sulfone groups is 1. The molecule has 0 aliphatic carbocycles. The van der Waals surface area contributed by atoms with Crippen LogP contribution in [0.1, 0.15) is 11.1 Å². The molecule has 0 fully saturated rings. The summed E-state index contributed by atoms with van der Waals surface area (Å²) in [6, 6.07) is 2.42. The number of benzene rings is 1. The van der Waals surface area contributed by atoms with E-state index in [1.807, 2.05) is 0 Å². The molecule has 0 aliphatic heterocycles. The van der Waals surface area contributed by atoms with Crippen molar-refractivity contribution in [1.82, 2.24) is 0 Å². The smallest absolute Gasteiger partial charge is 0.247 e. The molecule has 21 heavy (non-hydrogen) atoms. The summed E-state index contributed by atoms with van der Waals surface area (Å²) in [7, 11) is -11.7. The minimum atomic E-state index is -4.10. The van der Waals surface area contributed by atoms with Crippen molar-refractivity contribution in [2.45, 2.75) is 18.7 Å². The molecule has 0 saturated carbocycles. The molecule has 0 radical (unpaired) electrons. The number of sulfonamides is 2. The van der Waals surface area contributed by atoms with Gasteiger partial charge in [-0.15, -0.1) is 0 Å². The predicted octanol–water partition coefficient (Wildman–Crippen LogP) is -0.305. The summed E-state index contributed by atoms with van der Waals surface area (Å²) < 4.78 is 70.4. The van der Waals surface area contributed by atoms with Crippen molar-refractivity contribution in [3.05, 3.63) is 23.3 Å². The number of anilines is 1. The van der Waals surface area contributed by atoms with Gasteiger partial charge in [-0.1, -0.05) is 0 Å². The first-order valence-corrected chi connectivity index (χ1v) is 10.8. The van der Waals surface area contributed by atoms with Crippen LogP contribution in [0.15, 0.2) is 17.0 Å². The Morgan fingerprint density at radius 1 is 1.00 bits per heavy atom. The van der Waals surface area contributed by atoms with Crippen LogP contribution in [0.25, 0.3) is 0 Å². The van der Waals surface area contributed by atoms with E-state index in [1.165, 1.54) is 26.0 Å². The fourth-order valence-corrected chi connectivity index (χ4v) is 5.52. The number of hydrogen-bond donors (Lipinski definition) is 2. The first-order chi connectivity index (χ1) is 9.21. The average Bonchev–Trinajstić information content (AvgIpc) is 2.18. The summed E-state index contributed by atoms with van der Waals surface area (Å²) in [5.41, 5.74) is 0.762. The van der Waals surface area contributed by atoms with E-state index in [1.54, 1.807) is 0 Å². The third kappa shape index (κ3) is 5.26. The van der Waals surface area contributed by atoms with E-state index in [4.69, 9.17) is 5.14 Å². The van der Waals surface area contributed by atoms with Crippen LogP contribution < -0.4 is 9.86 Å². The molecule has 1 rings (SSSR count). The first kappa shape index (κ1) is 17.9. The van der Waals surface area contributed by atoms with E-state index in [0.717, 1.165) is 6.26 Å². The molecule has 0 bridgehead atoms. The van der Waals surface area contributed by atoms with Gasteiger partial charge >= 0.3 is 0 Å². The molecule has 0 spiro atoms. The standard InChI is InChI=1S/C10H16N2O6S3/c1-7-4-9(21(11,17)18)5-8(2)10(7)12-20(15,16)6-19(3,13)14/h4-5,12H,6H2,1-3H3,(H2,11,17,18). The second kappa shape index (κ2) is 5.55. The van der Waals surface area contributed by atoms with Crippen molar-refractivity contribution in [2.24, 2.45) is 5.14 Å². The summed E-state index contributed by atoms with van der Waals surface area (Å²) in [4.78, 5) is -0.149. The van der Waals surface area contributed by atoms with E-state index < -0.39 is 35.0 Å². The molecular weight excluding hydrogens is 340 g/mol. The maximum Gasteiger partial charge on any atom is 0.247 e. The van der Waals surface area contributed by atoms with Crippen LogP contribution in [-0.4, -0.2) is 36.6 Å². The second-order valence-electron chi connectivity index (χ2n) is 4.74. The minimum Gasteiger partial charge on any atom is -0.282 e. The highest BCUT2D eigenvalue weighted by Gasteiger charge is 2.21. The van der Waals surface area contributed by atoms with Crippen LogP contribution in [0.5, 0.6) is 0 Å². The first-order valence-electron chi connectivity index (χ1n) is 5.53. The topological polar surface area (TPSA) is 140 Å². The zero-order valence-electron chi connectivity index (χ0n) is 11.6. The summed E-state index contributed by atoms with van der Waals surface area (Å²) >= 11 is 0. The molecule has 0 aliphatic rings. The van der Waals surface area contributed by atoms with Crippen molar-refractivity contribution in [3.63, 3.8) is 0 Å². The quantitative estimate of drug-likeness (QED) is 0.742. The van der Waals surface area contributed by atoms with Crippen molar-refractivity contribution in [1.29, 1.82) is 0 Å². The molecule has 11 heteroatoms. The fraction of sp³-hybridized carbons (Fsp3) is 0.400. The lowest BCUT2D eigenvalue weighted by Gasteiger charge is -2.14. The van der Waals surface area contributed by atoms with Gasteiger partial charge < -0.3 is 0 Å². The monoisotopic (exact) mass is 356 g/mol. The second-order valence-corrected chi connectivity index (χ2v) is 10.5. The molecule has 120 valence electrons. The highest BCUT2D eigenvalue weighted by Crippen LogP contribution is 2.25. The van der Waals surface area contributed by atoms with Gasteiger partial charge in [0.15, 0.2) is 14.9 Å². The Labute approximate surface area is 124 Å². The number of hydrogen-bond acceptors (Lipinski definition) is 6. The van der Waals surface area contributed by atoms with Crippen LogP contribution in [0.4, 0.5) is 5.69 Å². The Kier molecular flexibility index (Phi) is 4.73. The third-order valence-corrected chi connectivity index (χ3v) is 6.82. The lowest BCUT2D eigenvalue weighted by atomic mass is 10.1. The Morgan fingerprint density at radius 2 is 1.43 bits per heavy atom.